The second kappa shape index (κ2) is 8.28. The molecule has 0 bridgehead atoms. The van der Waals surface area contributed by atoms with Gasteiger partial charge in [0.15, 0.2) is 5.69 Å². The Labute approximate surface area is 175 Å². The lowest BCUT2D eigenvalue weighted by Gasteiger charge is -2.36. The molecule has 0 N–H and O–H groups in total. The summed E-state index contributed by atoms with van der Waals surface area (Å²) < 4.78 is 45.4. The maximum absolute atomic E-state index is 12.7. The van der Waals surface area contributed by atoms with Crippen molar-refractivity contribution in [3.8, 4) is 5.75 Å². The number of anilines is 2. The van der Waals surface area contributed by atoms with Gasteiger partial charge in [-0.15, -0.1) is 0 Å². The minimum absolute atomic E-state index is 0.210. The van der Waals surface area contributed by atoms with E-state index in [1.165, 1.54) is 6.33 Å². The number of aromatic nitrogens is 5. The highest BCUT2D eigenvalue weighted by Crippen LogP contribution is 2.27. The fraction of sp³-hybridized carbons (Fsp3) is 0.368. The molecule has 0 radical (unpaired) electrons. The molecule has 0 saturated carbocycles. The lowest BCUT2D eigenvalue weighted by Crippen LogP contribution is -2.47. The van der Waals surface area contributed by atoms with Gasteiger partial charge in [-0.1, -0.05) is 6.07 Å². The molecule has 0 atom stereocenters. The van der Waals surface area contributed by atoms with Crippen LogP contribution in [-0.2, 0) is 12.8 Å². The van der Waals surface area contributed by atoms with Crippen molar-refractivity contribution in [2.75, 3.05) is 43.1 Å². The van der Waals surface area contributed by atoms with Crippen molar-refractivity contribution >= 4 is 11.6 Å². The number of methoxy groups -OCH3 is 1. The third-order valence-electron chi connectivity index (χ3n) is 4.96. The summed E-state index contributed by atoms with van der Waals surface area (Å²) in [5, 5.41) is 3.43. The zero-order chi connectivity index (χ0) is 22.0. The predicted molar refractivity (Wildman–Crippen MR) is 106 cm³/mol. The van der Waals surface area contributed by atoms with Crippen LogP contribution in [0.5, 0.6) is 5.75 Å². The minimum atomic E-state index is -4.54. The van der Waals surface area contributed by atoms with Crippen molar-refractivity contribution in [2.45, 2.75) is 12.8 Å². The van der Waals surface area contributed by atoms with E-state index in [0.717, 1.165) is 32.9 Å². The number of rotatable bonds is 5. The van der Waals surface area contributed by atoms with Crippen LogP contribution in [0.25, 0.3) is 0 Å². The molecule has 3 aromatic rings. The smallest absolute Gasteiger partial charge is 0.435 e. The Morgan fingerprint density at radius 3 is 2.48 bits per heavy atom. The van der Waals surface area contributed by atoms with Crippen LogP contribution in [0.2, 0.25) is 0 Å². The number of nitrogens with zero attached hydrogens (tertiary/aromatic N) is 7. The summed E-state index contributed by atoms with van der Waals surface area (Å²) in [6, 6.07) is 8.64. The topological polar surface area (TPSA) is 81.3 Å². The Morgan fingerprint density at radius 1 is 1.10 bits per heavy atom. The zero-order valence-corrected chi connectivity index (χ0v) is 16.7. The first-order valence-electron chi connectivity index (χ1n) is 9.51. The van der Waals surface area contributed by atoms with Crippen molar-refractivity contribution in [1.82, 2.24) is 24.3 Å². The van der Waals surface area contributed by atoms with Crippen LogP contribution >= 0.6 is 0 Å². The van der Waals surface area contributed by atoms with Gasteiger partial charge in [0.1, 0.15) is 18.7 Å². The lowest BCUT2D eigenvalue weighted by molar-refractivity contribution is -0.141. The average molecular weight is 435 g/mol. The Balaban J connectivity index is 1.40. The number of hydrogen-bond donors (Lipinski definition) is 0. The number of halogens is 3. The maximum atomic E-state index is 12.7. The molecule has 0 amide bonds. The van der Waals surface area contributed by atoms with Crippen molar-refractivity contribution in [3.63, 3.8) is 0 Å². The summed E-state index contributed by atoms with van der Waals surface area (Å²) in [5.41, 5.74) is -0.580. The SMILES string of the molecule is COc1cccc(N2CCN(c3ncn(Cn4ccc(C(F)(F)F)n4)c(=O)n3)CC2)c1. The van der Waals surface area contributed by atoms with E-state index in [0.29, 0.717) is 32.1 Å². The van der Waals surface area contributed by atoms with E-state index < -0.39 is 17.6 Å². The standard InChI is InChI=1S/C19H20F3N7O2/c1-31-15-4-2-3-14(11-15)26-7-9-27(10-8-26)17-23-12-28(18(30)24-17)13-29-6-5-16(25-29)19(20,21)22/h2-6,11-12H,7-10,13H2,1H3. The van der Waals surface area contributed by atoms with Gasteiger partial charge in [0, 0.05) is 44.1 Å². The van der Waals surface area contributed by atoms with Gasteiger partial charge >= 0.3 is 11.9 Å². The summed E-state index contributed by atoms with van der Waals surface area (Å²) in [4.78, 5) is 24.7. The largest absolute Gasteiger partial charge is 0.497 e. The van der Waals surface area contributed by atoms with Crippen molar-refractivity contribution in [3.05, 3.63) is 59.0 Å². The Kier molecular flexibility index (Phi) is 5.53. The number of alkyl halides is 3. The summed E-state index contributed by atoms with van der Waals surface area (Å²) in [6.45, 7) is 2.46. The number of piperazine rings is 1. The monoisotopic (exact) mass is 435 g/mol. The van der Waals surface area contributed by atoms with Crippen LogP contribution in [0.3, 0.4) is 0 Å². The van der Waals surface area contributed by atoms with Crippen molar-refractivity contribution in [1.29, 1.82) is 0 Å². The van der Waals surface area contributed by atoms with Gasteiger partial charge in [-0.05, 0) is 18.2 Å². The molecule has 9 nitrogen and oxygen atoms in total. The third kappa shape index (κ3) is 4.62. The molecule has 1 aliphatic rings. The second-order valence-electron chi connectivity index (χ2n) is 6.96. The Morgan fingerprint density at radius 2 is 1.84 bits per heavy atom. The highest BCUT2D eigenvalue weighted by atomic mass is 19.4. The van der Waals surface area contributed by atoms with E-state index in [1.807, 2.05) is 29.2 Å². The fourth-order valence-electron chi connectivity index (χ4n) is 3.32. The second-order valence-corrected chi connectivity index (χ2v) is 6.96. The summed E-state index contributed by atoms with van der Waals surface area (Å²) in [6.07, 6.45) is -2.11. The quantitative estimate of drug-likeness (QED) is 0.603. The first kappa shape index (κ1) is 20.7. The van der Waals surface area contributed by atoms with Gasteiger partial charge < -0.3 is 14.5 Å². The molecule has 0 aliphatic carbocycles. The van der Waals surface area contributed by atoms with Gasteiger partial charge in [0.2, 0.25) is 5.95 Å². The molecule has 12 heteroatoms. The van der Waals surface area contributed by atoms with Gasteiger partial charge in [0.25, 0.3) is 0 Å². The molecule has 3 heterocycles. The van der Waals surface area contributed by atoms with Gasteiger partial charge in [-0.25, -0.2) is 9.78 Å². The molecular formula is C19H20F3N7O2. The Hall–Kier alpha value is -3.57. The number of benzene rings is 1. The van der Waals surface area contributed by atoms with Crippen molar-refractivity contribution in [2.24, 2.45) is 0 Å². The molecule has 0 unspecified atom stereocenters. The molecule has 1 aromatic carbocycles. The van der Waals surface area contributed by atoms with E-state index in [1.54, 1.807) is 7.11 Å². The Bertz CT molecular complexity index is 1100. The number of hydrogen-bond acceptors (Lipinski definition) is 7. The molecule has 0 spiro atoms. The van der Waals surface area contributed by atoms with Crippen LogP contribution < -0.4 is 20.2 Å². The van der Waals surface area contributed by atoms with Crippen LogP contribution in [0, 0.1) is 0 Å². The van der Waals surface area contributed by atoms with E-state index in [-0.39, 0.29) is 6.67 Å². The third-order valence-corrected chi connectivity index (χ3v) is 4.96. The van der Waals surface area contributed by atoms with E-state index >= 15 is 0 Å². The summed E-state index contributed by atoms with van der Waals surface area (Å²) >= 11 is 0. The van der Waals surface area contributed by atoms with Gasteiger partial charge in [0.05, 0.1) is 7.11 Å². The molecule has 1 fully saturated rings. The van der Waals surface area contributed by atoms with Gasteiger partial charge in [-0.2, -0.15) is 23.3 Å². The minimum Gasteiger partial charge on any atom is -0.497 e. The maximum Gasteiger partial charge on any atom is 0.435 e. The van der Waals surface area contributed by atoms with E-state index in [4.69, 9.17) is 4.74 Å². The molecular weight excluding hydrogens is 415 g/mol. The van der Waals surface area contributed by atoms with Crippen LogP contribution in [0.1, 0.15) is 5.69 Å². The predicted octanol–water partition coefficient (Wildman–Crippen LogP) is 1.69. The van der Waals surface area contributed by atoms with Crippen LogP contribution in [-0.4, -0.2) is 57.6 Å². The molecule has 2 aromatic heterocycles. The lowest BCUT2D eigenvalue weighted by atomic mass is 10.2. The number of ether oxygens (including phenoxy) is 1. The first-order chi connectivity index (χ1) is 14.8. The molecule has 31 heavy (non-hydrogen) atoms. The van der Waals surface area contributed by atoms with Crippen LogP contribution in [0.4, 0.5) is 24.8 Å². The molecule has 1 saturated heterocycles. The summed E-state index contributed by atoms with van der Waals surface area (Å²) in [5.74, 6) is 1.08. The molecule has 164 valence electrons. The average Bonchev–Trinajstić information content (AvgIpc) is 3.25. The molecule has 1 aliphatic heterocycles. The fourth-order valence-corrected chi connectivity index (χ4v) is 3.32. The van der Waals surface area contributed by atoms with E-state index in [2.05, 4.69) is 20.0 Å². The van der Waals surface area contributed by atoms with Crippen LogP contribution in [0.15, 0.2) is 47.7 Å². The highest BCUT2D eigenvalue weighted by Gasteiger charge is 2.33. The highest BCUT2D eigenvalue weighted by molar-refractivity contribution is 5.52. The first-order valence-corrected chi connectivity index (χ1v) is 9.51. The zero-order valence-electron chi connectivity index (χ0n) is 16.7. The normalized spacial score (nSPS) is 14.7. The van der Waals surface area contributed by atoms with E-state index in [9.17, 15) is 18.0 Å². The van der Waals surface area contributed by atoms with Gasteiger partial charge in [-0.3, -0.25) is 9.25 Å². The molecule has 4 rings (SSSR count). The van der Waals surface area contributed by atoms with Crippen molar-refractivity contribution < 1.29 is 17.9 Å². The summed E-state index contributed by atoms with van der Waals surface area (Å²) in [7, 11) is 1.62.